The van der Waals surface area contributed by atoms with Gasteiger partial charge in [-0.2, -0.15) is 0 Å². The molecule has 1 aliphatic heterocycles. The van der Waals surface area contributed by atoms with E-state index in [1.807, 2.05) is 36.4 Å². The summed E-state index contributed by atoms with van der Waals surface area (Å²) in [7, 11) is 1.64. The molecule has 0 spiro atoms. The van der Waals surface area contributed by atoms with Gasteiger partial charge in [-0.05, 0) is 41.8 Å². The Balaban J connectivity index is 1.53. The van der Waals surface area contributed by atoms with Crippen molar-refractivity contribution in [3.05, 3.63) is 58.5 Å². The van der Waals surface area contributed by atoms with Crippen molar-refractivity contribution in [2.45, 2.75) is 12.8 Å². The van der Waals surface area contributed by atoms with Crippen LogP contribution < -0.4 is 4.74 Å². The average Bonchev–Trinajstić information content (AvgIpc) is 3.27. The number of rotatable bonds is 4. The van der Waals surface area contributed by atoms with Gasteiger partial charge in [-0.3, -0.25) is 9.59 Å². The molecule has 1 amide bonds. The summed E-state index contributed by atoms with van der Waals surface area (Å²) in [5.41, 5.74) is 2.82. The summed E-state index contributed by atoms with van der Waals surface area (Å²) >= 11 is 1.41. The topological polar surface area (TPSA) is 59.5 Å². The molecule has 1 atom stereocenters. The van der Waals surface area contributed by atoms with Gasteiger partial charge in [0.05, 0.1) is 12.6 Å². The average molecular weight is 380 g/mol. The molecule has 138 valence electrons. The monoisotopic (exact) mass is 380 g/mol. The molecule has 1 unspecified atom stereocenters. The second-order valence-corrected chi connectivity index (χ2v) is 7.47. The molecule has 2 aromatic carbocycles. The van der Waals surface area contributed by atoms with Crippen LogP contribution in [0.5, 0.6) is 5.75 Å². The Morgan fingerprint density at radius 3 is 2.78 bits per heavy atom. The van der Waals surface area contributed by atoms with Gasteiger partial charge in [-0.1, -0.05) is 18.2 Å². The molecule has 3 aromatic rings. The fourth-order valence-electron chi connectivity index (χ4n) is 3.60. The largest absolute Gasteiger partial charge is 0.497 e. The van der Waals surface area contributed by atoms with Gasteiger partial charge in [0.25, 0.3) is 5.91 Å². The van der Waals surface area contributed by atoms with Crippen molar-refractivity contribution in [3.8, 4) is 5.75 Å². The summed E-state index contributed by atoms with van der Waals surface area (Å²) < 4.78 is 5.25. The van der Waals surface area contributed by atoms with E-state index in [4.69, 9.17) is 4.74 Å². The third kappa shape index (κ3) is 3.57. The van der Waals surface area contributed by atoms with E-state index in [0.717, 1.165) is 29.4 Å². The molecule has 4 rings (SSSR count). The number of ether oxygens (including phenoxy) is 1. The van der Waals surface area contributed by atoms with E-state index in [9.17, 15) is 9.59 Å². The summed E-state index contributed by atoms with van der Waals surface area (Å²) in [5.74, 6) is 0.643. The zero-order valence-electron chi connectivity index (χ0n) is 15.1. The first kappa shape index (κ1) is 17.7. The number of ketones is 1. The maximum absolute atomic E-state index is 13.0. The van der Waals surface area contributed by atoms with E-state index in [-0.39, 0.29) is 17.6 Å². The summed E-state index contributed by atoms with van der Waals surface area (Å²) in [6.07, 6.45) is 1.64. The Morgan fingerprint density at radius 1 is 1.19 bits per heavy atom. The maximum Gasteiger partial charge on any atom is 0.273 e. The Hall–Kier alpha value is -2.73. The van der Waals surface area contributed by atoms with Crippen LogP contribution >= 0.6 is 11.3 Å². The van der Waals surface area contributed by atoms with Gasteiger partial charge in [0, 0.05) is 30.0 Å². The zero-order valence-corrected chi connectivity index (χ0v) is 15.9. The molecular weight excluding hydrogens is 360 g/mol. The number of thiazole rings is 1. The number of carbonyl (C=O) groups is 2. The van der Waals surface area contributed by atoms with Gasteiger partial charge in [0.15, 0.2) is 5.78 Å². The fourth-order valence-corrected chi connectivity index (χ4v) is 4.12. The number of carbonyl (C=O) groups excluding carboxylic acids is 2. The maximum atomic E-state index is 13.0. The standard InChI is InChI=1S/C21H20N2O3S/c1-26-18-7-6-14-9-16(5-4-15(14)10-18)20(24)17-3-2-8-23(11-17)21(25)19-12-27-13-22-19/h4-7,9-10,12-13,17H,2-3,8,11H2,1H3. The molecule has 0 N–H and O–H groups in total. The Labute approximate surface area is 161 Å². The molecule has 0 bridgehead atoms. The highest BCUT2D eigenvalue weighted by Gasteiger charge is 2.30. The van der Waals surface area contributed by atoms with Gasteiger partial charge < -0.3 is 9.64 Å². The molecule has 0 aliphatic carbocycles. The lowest BCUT2D eigenvalue weighted by Crippen LogP contribution is -2.42. The number of benzene rings is 2. The predicted octanol–water partition coefficient (Wildman–Crippen LogP) is 4.04. The number of aromatic nitrogens is 1. The molecule has 5 nitrogen and oxygen atoms in total. The highest BCUT2D eigenvalue weighted by molar-refractivity contribution is 7.07. The third-order valence-electron chi connectivity index (χ3n) is 5.06. The van der Waals surface area contributed by atoms with E-state index in [0.29, 0.717) is 24.3 Å². The zero-order chi connectivity index (χ0) is 18.8. The predicted molar refractivity (Wildman–Crippen MR) is 106 cm³/mol. The first-order valence-corrected chi connectivity index (χ1v) is 9.89. The molecule has 1 fully saturated rings. The normalized spacial score (nSPS) is 17.1. The Morgan fingerprint density at radius 2 is 2.00 bits per heavy atom. The van der Waals surface area contributed by atoms with Crippen molar-refractivity contribution >= 4 is 33.8 Å². The highest BCUT2D eigenvalue weighted by atomic mass is 32.1. The number of likely N-dealkylation sites (tertiary alicyclic amines) is 1. The van der Waals surface area contributed by atoms with E-state index in [1.165, 1.54) is 11.3 Å². The van der Waals surface area contributed by atoms with Crippen molar-refractivity contribution in [1.29, 1.82) is 0 Å². The Kier molecular flexibility index (Phi) is 4.90. The molecule has 1 aliphatic rings. The molecule has 1 saturated heterocycles. The van der Waals surface area contributed by atoms with Crippen LogP contribution in [-0.4, -0.2) is 41.8 Å². The van der Waals surface area contributed by atoms with Gasteiger partial charge in [0.1, 0.15) is 11.4 Å². The van der Waals surface area contributed by atoms with Crippen LogP contribution in [0.4, 0.5) is 0 Å². The molecule has 27 heavy (non-hydrogen) atoms. The quantitative estimate of drug-likeness (QED) is 0.641. The summed E-state index contributed by atoms with van der Waals surface area (Å²) in [5, 5.41) is 3.80. The number of Topliss-reactive ketones (excluding diaryl/α,β-unsaturated/α-hetero) is 1. The minimum absolute atomic E-state index is 0.0839. The first-order chi connectivity index (χ1) is 13.2. The van der Waals surface area contributed by atoms with E-state index < -0.39 is 0 Å². The molecule has 0 saturated carbocycles. The first-order valence-electron chi connectivity index (χ1n) is 8.95. The van der Waals surface area contributed by atoms with E-state index in [1.54, 1.807) is 22.9 Å². The van der Waals surface area contributed by atoms with Gasteiger partial charge in [-0.25, -0.2) is 4.98 Å². The number of amides is 1. The molecule has 2 heterocycles. The van der Waals surface area contributed by atoms with Crippen LogP contribution in [0.25, 0.3) is 10.8 Å². The van der Waals surface area contributed by atoms with Crippen LogP contribution in [0.15, 0.2) is 47.3 Å². The van der Waals surface area contributed by atoms with E-state index >= 15 is 0 Å². The number of hydrogen-bond acceptors (Lipinski definition) is 5. The lowest BCUT2D eigenvalue weighted by molar-refractivity contribution is 0.0633. The fraction of sp³-hybridized carbons (Fsp3) is 0.286. The molecular formula is C21H20N2O3S. The van der Waals surface area contributed by atoms with Gasteiger partial charge >= 0.3 is 0 Å². The third-order valence-corrected chi connectivity index (χ3v) is 5.65. The summed E-state index contributed by atoms with van der Waals surface area (Å²) in [6.45, 7) is 1.13. The van der Waals surface area contributed by atoms with Crippen molar-refractivity contribution in [2.24, 2.45) is 5.92 Å². The second kappa shape index (κ2) is 7.48. The van der Waals surface area contributed by atoms with Crippen molar-refractivity contribution in [1.82, 2.24) is 9.88 Å². The second-order valence-electron chi connectivity index (χ2n) is 6.76. The van der Waals surface area contributed by atoms with Crippen LogP contribution in [0.3, 0.4) is 0 Å². The van der Waals surface area contributed by atoms with Gasteiger partial charge in [-0.15, -0.1) is 11.3 Å². The smallest absolute Gasteiger partial charge is 0.273 e. The van der Waals surface area contributed by atoms with Gasteiger partial charge in [0.2, 0.25) is 0 Å². The Bertz CT molecular complexity index is 984. The van der Waals surface area contributed by atoms with Crippen molar-refractivity contribution in [3.63, 3.8) is 0 Å². The highest BCUT2D eigenvalue weighted by Crippen LogP contribution is 2.26. The number of fused-ring (bicyclic) bond motifs is 1. The van der Waals surface area contributed by atoms with Crippen LogP contribution in [-0.2, 0) is 0 Å². The number of methoxy groups -OCH3 is 1. The van der Waals surface area contributed by atoms with Crippen LogP contribution in [0, 0.1) is 5.92 Å². The lowest BCUT2D eigenvalue weighted by atomic mass is 9.89. The minimum Gasteiger partial charge on any atom is -0.497 e. The number of piperidine rings is 1. The van der Waals surface area contributed by atoms with E-state index in [2.05, 4.69) is 4.98 Å². The number of hydrogen-bond donors (Lipinski definition) is 0. The van der Waals surface area contributed by atoms with Crippen LogP contribution in [0.1, 0.15) is 33.7 Å². The number of nitrogens with zero attached hydrogens (tertiary/aromatic N) is 2. The van der Waals surface area contributed by atoms with Crippen molar-refractivity contribution in [2.75, 3.05) is 20.2 Å². The minimum atomic E-state index is -0.169. The van der Waals surface area contributed by atoms with Crippen molar-refractivity contribution < 1.29 is 14.3 Å². The summed E-state index contributed by atoms with van der Waals surface area (Å²) in [4.78, 5) is 31.4. The lowest BCUT2D eigenvalue weighted by Gasteiger charge is -2.31. The van der Waals surface area contributed by atoms with Crippen LogP contribution in [0.2, 0.25) is 0 Å². The molecule has 0 radical (unpaired) electrons. The molecule has 1 aromatic heterocycles. The molecule has 6 heteroatoms. The SMILES string of the molecule is COc1ccc2cc(C(=O)C3CCCN(C(=O)c4cscn4)C3)ccc2c1. The summed E-state index contributed by atoms with van der Waals surface area (Å²) in [6, 6.07) is 11.6.